The van der Waals surface area contributed by atoms with E-state index in [0.717, 1.165) is 5.56 Å². The highest BCUT2D eigenvalue weighted by Gasteiger charge is 2.22. The van der Waals surface area contributed by atoms with Crippen molar-refractivity contribution in [2.45, 2.75) is 19.0 Å². The van der Waals surface area contributed by atoms with Gasteiger partial charge in [0.2, 0.25) is 0 Å². The summed E-state index contributed by atoms with van der Waals surface area (Å²) < 4.78 is 6.13. The number of halogens is 1. The Morgan fingerprint density at radius 2 is 2.25 bits per heavy atom. The molecule has 7 heteroatoms. The predicted octanol–water partition coefficient (Wildman–Crippen LogP) is 1.65. The molecule has 0 radical (unpaired) electrons. The van der Waals surface area contributed by atoms with E-state index >= 15 is 0 Å². The zero-order chi connectivity index (χ0) is 14.7. The maximum atomic E-state index is 11.4. The largest absolute Gasteiger partial charge is 0.463 e. The fourth-order valence-electron chi connectivity index (χ4n) is 1.98. The average Bonchev–Trinajstić information content (AvgIpc) is 2.87. The molecule has 6 nitrogen and oxygen atoms in total. The van der Waals surface area contributed by atoms with Crippen LogP contribution >= 0.6 is 11.6 Å². The van der Waals surface area contributed by atoms with Gasteiger partial charge in [0.05, 0.1) is 13.2 Å². The highest BCUT2D eigenvalue weighted by Crippen LogP contribution is 2.23. The van der Waals surface area contributed by atoms with E-state index in [1.807, 2.05) is 25.1 Å². The first kappa shape index (κ1) is 14.5. The van der Waals surface area contributed by atoms with Crippen LogP contribution in [0, 0.1) is 0 Å². The van der Waals surface area contributed by atoms with Gasteiger partial charge in [-0.05, 0) is 24.6 Å². The van der Waals surface area contributed by atoms with Crippen LogP contribution in [0.15, 0.2) is 30.6 Å². The van der Waals surface area contributed by atoms with Gasteiger partial charge in [-0.25, -0.2) is 14.5 Å². The van der Waals surface area contributed by atoms with Gasteiger partial charge in [0, 0.05) is 11.1 Å². The van der Waals surface area contributed by atoms with E-state index in [9.17, 15) is 4.79 Å². The predicted molar refractivity (Wildman–Crippen MR) is 74.6 cm³/mol. The molecule has 2 N–H and O–H groups in total. The zero-order valence-electron chi connectivity index (χ0n) is 11.2. The van der Waals surface area contributed by atoms with E-state index in [1.165, 1.54) is 13.4 Å². The topological polar surface area (TPSA) is 83.0 Å². The van der Waals surface area contributed by atoms with Gasteiger partial charge in [-0.2, -0.15) is 0 Å². The van der Waals surface area contributed by atoms with E-state index in [2.05, 4.69) is 14.8 Å². The van der Waals surface area contributed by atoms with Gasteiger partial charge in [0.25, 0.3) is 5.82 Å². The van der Waals surface area contributed by atoms with Crippen LogP contribution in [0.4, 0.5) is 0 Å². The maximum Gasteiger partial charge on any atom is 0.377 e. The van der Waals surface area contributed by atoms with Gasteiger partial charge in [-0.1, -0.05) is 23.7 Å². The lowest BCUT2D eigenvalue weighted by atomic mass is 10.0. The van der Waals surface area contributed by atoms with Crippen molar-refractivity contribution in [1.82, 2.24) is 14.8 Å². The minimum absolute atomic E-state index is 0.000165. The summed E-state index contributed by atoms with van der Waals surface area (Å²) in [6, 6.07) is 6.84. The first-order valence-corrected chi connectivity index (χ1v) is 6.41. The molecule has 106 valence electrons. The number of aromatic nitrogens is 3. The van der Waals surface area contributed by atoms with Crippen molar-refractivity contribution >= 4 is 17.6 Å². The molecule has 0 aliphatic carbocycles. The minimum Gasteiger partial charge on any atom is -0.463 e. The summed E-state index contributed by atoms with van der Waals surface area (Å²) in [6.45, 7) is 1.85. The molecule has 0 bridgehead atoms. The highest BCUT2D eigenvalue weighted by atomic mass is 35.5. The van der Waals surface area contributed by atoms with Gasteiger partial charge in [-0.15, -0.1) is 5.10 Å². The number of nitrogens with two attached hydrogens (primary N) is 1. The molecule has 0 aliphatic rings. The van der Waals surface area contributed by atoms with Crippen LogP contribution in [0.3, 0.4) is 0 Å². The second-order valence-electron chi connectivity index (χ2n) is 4.40. The molecular formula is C13H15ClN4O2. The molecule has 0 amide bonds. The number of rotatable bonds is 4. The van der Waals surface area contributed by atoms with Crippen LogP contribution in [0.1, 0.15) is 29.1 Å². The molecule has 2 unspecified atom stereocenters. The number of hydrogen-bond acceptors (Lipinski definition) is 5. The van der Waals surface area contributed by atoms with Gasteiger partial charge in [0.1, 0.15) is 6.33 Å². The molecule has 0 fully saturated rings. The number of hydrogen-bond donors (Lipinski definition) is 1. The third-order valence-electron chi connectivity index (χ3n) is 2.85. The van der Waals surface area contributed by atoms with Crippen molar-refractivity contribution in [1.29, 1.82) is 0 Å². The van der Waals surface area contributed by atoms with E-state index in [1.54, 1.807) is 10.7 Å². The van der Waals surface area contributed by atoms with E-state index in [4.69, 9.17) is 17.3 Å². The standard InChI is InChI=1S/C13H15ClN4O2/c1-8(15)11(9-4-3-5-10(14)6-9)18-7-16-12(17-18)13(19)20-2/h3-8,11H,15H2,1-2H3. The number of ether oxygens (including phenoxy) is 1. The minimum atomic E-state index is -0.585. The van der Waals surface area contributed by atoms with Crippen LogP contribution in [-0.4, -0.2) is 33.9 Å². The fourth-order valence-corrected chi connectivity index (χ4v) is 2.18. The van der Waals surface area contributed by atoms with E-state index < -0.39 is 5.97 Å². The molecule has 2 aromatic rings. The second-order valence-corrected chi connectivity index (χ2v) is 4.84. The zero-order valence-corrected chi connectivity index (χ0v) is 11.9. The molecule has 20 heavy (non-hydrogen) atoms. The molecule has 1 aromatic heterocycles. The number of methoxy groups -OCH3 is 1. The average molecular weight is 295 g/mol. The van der Waals surface area contributed by atoms with Crippen molar-refractivity contribution in [3.63, 3.8) is 0 Å². The molecule has 2 rings (SSSR count). The monoisotopic (exact) mass is 294 g/mol. The molecule has 2 atom stereocenters. The lowest BCUT2D eigenvalue weighted by molar-refractivity contribution is 0.0586. The summed E-state index contributed by atoms with van der Waals surface area (Å²) in [5.74, 6) is -0.585. The molecule has 0 spiro atoms. The summed E-state index contributed by atoms with van der Waals surface area (Å²) in [6.07, 6.45) is 1.46. The summed E-state index contributed by atoms with van der Waals surface area (Å²) >= 11 is 6.00. The molecule has 0 saturated heterocycles. The third kappa shape index (κ3) is 2.97. The Bertz CT molecular complexity index is 612. The van der Waals surface area contributed by atoms with Crippen LogP contribution in [0.5, 0.6) is 0 Å². The fraction of sp³-hybridized carbons (Fsp3) is 0.308. The molecule has 1 heterocycles. The van der Waals surface area contributed by atoms with Crippen LogP contribution in [0.25, 0.3) is 0 Å². The first-order valence-electron chi connectivity index (χ1n) is 6.03. The Kier molecular flexibility index (Phi) is 4.36. The lowest BCUT2D eigenvalue weighted by Gasteiger charge is -2.21. The van der Waals surface area contributed by atoms with Crippen molar-refractivity contribution < 1.29 is 9.53 Å². The Hall–Kier alpha value is -1.92. The Labute approximate surface area is 121 Å². The van der Waals surface area contributed by atoms with E-state index in [-0.39, 0.29) is 17.9 Å². The van der Waals surface area contributed by atoms with Gasteiger partial charge < -0.3 is 10.5 Å². The summed E-state index contributed by atoms with van der Waals surface area (Å²) in [4.78, 5) is 15.3. The molecular weight excluding hydrogens is 280 g/mol. The lowest BCUT2D eigenvalue weighted by Crippen LogP contribution is -2.30. The Balaban J connectivity index is 2.39. The number of nitrogens with zero attached hydrogens (tertiary/aromatic N) is 3. The smallest absolute Gasteiger partial charge is 0.377 e. The number of carbonyl (C=O) groups is 1. The Morgan fingerprint density at radius 3 is 2.85 bits per heavy atom. The van der Waals surface area contributed by atoms with Gasteiger partial charge in [-0.3, -0.25) is 0 Å². The quantitative estimate of drug-likeness (QED) is 0.867. The van der Waals surface area contributed by atoms with Gasteiger partial charge in [0.15, 0.2) is 0 Å². The normalized spacial score (nSPS) is 13.8. The molecule has 0 aliphatic heterocycles. The third-order valence-corrected chi connectivity index (χ3v) is 3.08. The second kappa shape index (κ2) is 6.02. The SMILES string of the molecule is COC(=O)c1ncn(C(c2cccc(Cl)c2)C(C)N)n1. The Morgan fingerprint density at radius 1 is 1.50 bits per heavy atom. The van der Waals surface area contributed by atoms with E-state index in [0.29, 0.717) is 5.02 Å². The first-order chi connectivity index (χ1) is 9.52. The van der Waals surface area contributed by atoms with Crippen LogP contribution in [0.2, 0.25) is 5.02 Å². The highest BCUT2D eigenvalue weighted by molar-refractivity contribution is 6.30. The summed E-state index contributed by atoms with van der Waals surface area (Å²) in [5, 5.41) is 4.73. The summed E-state index contributed by atoms with van der Waals surface area (Å²) in [7, 11) is 1.28. The van der Waals surface area contributed by atoms with Gasteiger partial charge >= 0.3 is 5.97 Å². The van der Waals surface area contributed by atoms with Crippen LogP contribution < -0.4 is 5.73 Å². The van der Waals surface area contributed by atoms with Crippen molar-refractivity contribution in [3.05, 3.63) is 47.0 Å². The number of esters is 1. The number of carbonyl (C=O) groups excluding carboxylic acids is 1. The summed E-state index contributed by atoms with van der Waals surface area (Å²) in [5.41, 5.74) is 6.92. The molecule has 1 aromatic carbocycles. The van der Waals surface area contributed by atoms with Crippen molar-refractivity contribution in [2.75, 3.05) is 7.11 Å². The maximum absolute atomic E-state index is 11.4. The van der Waals surface area contributed by atoms with Crippen molar-refractivity contribution in [2.24, 2.45) is 5.73 Å². The number of benzene rings is 1. The van der Waals surface area contributed by atoms with Crippen molar-refractivity contribution in [3.8, 4) is 0 Å². The van der Waals surface area contributed by atoms with Crippen LogP contribution in [-0.2, 0) is 4.74 Å². The molecule has 0 saturated carbocycles.